The Labute approximate surface area is 100.0 Å². The van der Waals surface area contributed by atoms with Gasteiger partial charge in [0.1, 0.15) is 11.6 Å². The van der Waals surface area contributed by atoms with Crippen LogP contribution in [0.4, 0.5) is 4.39 Å². The molecule has 0 saturated carbocycles. The second-order valence-electron chi connectivity index (χ2n) is 3.71. The van der Waals surface area contributed by atoms with Crippen molar-refractivity contribution in [2.75, 3.05) is 13.2 Å². The van der Waals surface area contributed by atoms with Gasteiger partial charge in [-0.3, -0.25) is 4.79 Å². The summed E-state index contributed by atoms with van der Waals surface area (Å²) in [6.07, 6.45) is 0. The van der Waals surface area contributed by atoms with Crippen molar-refractivity contribution in [1.29, 1.82) is 0 Å². The van der Waals surface area contributed by atoms with Crippen LogP contribution in [0.3, 0.4) is 0 Å². The fraction of sp³-hybridized carbons (Fsp3) is 0.417. The largest absolute Gasteiger partial charge is 0.484 e. The summed E-state index contributed by atoms with van der Waals surface area (Å²) in [4.78, 5) is 11.1. The van der Waals surface area contributed by atoms with E-state index in [1.807, 2.05) is 6.92 Å². The maximum absolute atomic E-state index is 13.5. The minimum Gasteiger partial charge on any atom is -0.484 e. The van der Waals surface area contributed by atoms with Gasteiger partial charge in [-0.1, -0.05) is 6.07 Å². The third kappa shape index (κ3) is 4.03. The standard InChI is InChI=1S/C12H17FN2O2/c1-3-15-12(16)7-17-9-4-5-10(8(2)14)11(13)6-9/h4-6,8H,3,7,14H2,1-2H3,(H,15,16)/t8-/m0/s1. The lowest BCUT2D eigenvalue weighted by Gasteiger charge is -2.10. The van der Waals surface area contributed by atoms with E-state index in [0.717, 1.165) is 0 Å². The van der Waals surface area contributed by atoms with Gasteiger partial charge < -0.3 is 15.8 Å². The van der Waals surface area contributed by atoms with Crippen LogP contribution in [0.25, 0.3) is 0 Å². The summed E-state index contributed by atoms with van der Waals surface area (Å²) in [7, 11) is 0. The van der Waals surface area contributed by atoms with Crippen molar-refractivity contribution in [1.82, 2.24) is 5.32 Å². The third-order valence-electron chi connectivity index (χ3n) is 2.21. The Hall–Kier alpha value is -1.62. The molecule has 0 aliphatic rings. The molecule has 0 aromatic heterocycles. The predicted molar refractivity (Wildman–Crippen MR) is 63.2 cm³/mol. The van der Waals surface area contributed by atoms with Crippen LogP contribution in [0.15, 0.2) is 18.2 Å². The summed E-state index contributed by atoms with van der Waals surface area (Å²) in [6, 6.07) is 4.03. The van der Waals surface area contributed by atoms with E-state index in [1.165, 1.54) is 6.07 Å². The lowest BCUT2D eigenvalue weighted by molar-refractivity contribution is -0.122. The highest BCUT2D eigenvalue weighted by Gasteiger charge is 2.08. The number of carbonyl (C=O) groups excluding carboxylic acids is 1. The first-order valence-corrected chi connectivity index (χ1v) is 5.49. The topological polar surface area (TPSA) is 64.3 Å². The van der Waals surface area contributed by atoms with Crippen LogP contribution in [0.1, 0.15) is 25.5 Å². The van der Waals surface area contributed by atoms with Crippen LogP contribution in [0.5, 0.6) is 5.75 Å². The number of halogens is 1. The summed E-state index contributed by atoms with van der Waals surface area (Å²) < 4.78 is 18.7. The molecule has 1 aromatic carbocycles. The molecule has 1 rings (SSSR count). The van der Waals surface area contributed by atoms with Crippen molar-refractivity contribution >= 4 is 5.91 Å². The van der Waals surface area contributed by atoms with Crippen LogP contribution in [0, 0.1) is 5.82 Å². The average molecular weight is 240 g/mol. The van der Waals surface area contributed by atoms with Crippen molar-refractivity contribution in [2.24, 2.45) is 5.73 Å². The van der Waals surface area contributed by atoms with E-state index < -0.39 is 5.82 Å². The van der Waals surface area contributed by atoms with Gasteiger partial charge in [-0.05, 0) is 19.9 Å². The Morgan fingerprint density at radius 1 is 1.59 bits per heavy atom. The number of hydrogen-bond donors (Lipinski definition) is 2. The fourth-order valence-electron chi connectivity index (χ4n) is 1.36. The SMILES string of the molecule is CCNC(=O)COc1ccc([C@H](C)N)c(F)c1. The molecule has 0 unspecified atom stereocenters. The van der Waals surface area contributed by atoms with Gasteiger partial charge in [0.2, 0.25) is 0 Å². The summed E-state index contributed by atoms with van der Waals surface area (Å²) in [5.41, 5.74) is 6.01. The van der Waals surface area contributed by atoms with E-state index in [4.69, 9.17) is 10.5 Å². The van der Waals surface area contributed by atoms with E-state index in [0.29, 0.717) is 17.9 Å². The number of hydrogen-bond acceptors (Lipinski definition) is 3. The Bertz CT molecular complexity index is 394. The van der Waals surface area contributed by atoms with Crippen molar-refractivity contribution in [3.63, 3.8) is 0 Å². The molecule has 1 atom stereocenters. The minimum atomic E-state index is -0.423. The van der Waals surface area contributed by atoms with Crippen molar-refractivity contribution in [3.8, 4) is 5.75 Å². The molecule has 0 aliphatic heterocycles. The minimum absolute atomic E-state index is 0.120. The second kappa shape index (κ2) is 6.20. The van der Waals surface area contributed by atoms with Gasteiger partial charge in [0.15, 0.2) is 6.61 Å². The van der Waals surface area contributed by atoms with Gasteiger partial charge in [0.25, 0.3) is 5.91 Å². The molecule has 0 heterocycles. The van der Waals surface area contributed by atoms with Crippen molar-refractivity contribution in [3.05, 3.63) is 29.6 Å². The first-order valence-electron chi connectivity index (χ1n) is 5.49. The molecule has 0 bridgehead atoms. The molecule has 1 amide bonds. The molecule has 0 spiro atoms. The average Bonchev–Trinajstić information content (AvgIpc) is 2.26. The smallest absolute Gasteiger partial charge is 0.257 e. The first-order chi connectivity index (χ1) is 8.04. The zero-order valence-corrected chi connectivity index (χ0v) is 10.00. The molecule has 3 N–H and O–H groups in total. The van der Waals surface area contributed by atoms with Crippen LogP contribution < -0.4 is 15.8 Å². The number of likely N-dealkylation sites (N-methyl/N-ethyl adjacent to an activating group) is 1. The summed E-state index contributed by atoms with van der Waals surface area (Å²) >= 11 is 0. The molecular formula is C12H17FN2O2. The Balaban J connectivity index is 2.62. The normalized spacial score (nSPS) is 12.0. The number of benzene rings is 1. The predicted octanol–water partition coefficient (Wildman–Crippen LogP) is 1.36. The van der Waals surface area contributed by atoms with Crippen molar-refractivity contribution in [2.45, 2.75) is 19.9 Å². The van der Waals surface area contributed by atoms with Crippen LogP contribution in [-0.2, 0) is 4.79 Å². The summed E-state index contributed by atoms with van der Waals surface area (Å²) in [6.45, 7) is 3.94. The maximum Gasteiger partial charge on any atom is 0.257 e. The molecular weight excluding hydrogens is 223 g/mol. The maximum atomic E-state index is 13.5. The Morgan fingerprint density at radius 2 is 2.29 bits per heavy atom. The third-order valence-corrected chi connectivity index (χ3v) is 2.21. The van der Waals surface area contributed by atoms with Gasteiger partial charge in [0.05, 0.1) is 0 Å². The van der Waals surface area contributed by atoms with E-state index >= 15 is 0 Å². The molecule has 1 aromatic rings. The van der Waals surface area contributed by atoms with Crippen LogP contribution in [0.2, 0.25) is 0 Å². The molecule has 0 fully saturated rings. The van der Waals surface area contributed by atoms with Gasteiger partial charge in [-0.25, -0.2) is 4.39 Å². The van der Waals surface area contributed by atoms with Crippen LogP contribution in [-0.4, -0.2) is 19.1 Å². The number of rotatable bonds is 5. The number of amides is 1. The van der Waals surface area contributed by atoms with Gasteiger partial charge in [-0.2, -0.15) is 0 Å². The molecule has 4 nitrogen and oxygen atoms in total. The molecule has 94 valence electrons. The molecule has 17 heavy (non-hydrogen) atoms. The molecule has 0 radical (unpaired) electrons. The highest BCUT2D eigenvalue weighted by Crippen LogP contribution is 2.20. The Morgan fingerprint density at radius 3 is 2.82 bits per heavy atom. The van der Waals surface area contributed by atoms with Gasteiger partial charge >= 0.3 is 0 Å². The Kier molecular flexibility index (Phi) is 4.90. The van der Waals surface area contributed by atoms with Gasteiger partial charge in [-0.15, -0.1) is 0 Å². The van der Waals surface area contributed by atoms with E-state index in [1.54, 1.807) is 19.1 Å². The lowest BCUT2D eigenvalue weighted by Crippen LogP contribution is -2.28. The van der Waals surface area contributed by atoms with Crippen LogP contribution >= 0.6 is 0 Å². The monoisotopic (exact) mass is 240 g/mol. The number of nitrogens with two attached hydrogens (primary N) is 1. The highest BCUT2D eigenvalue weighted by molar-refractivity contribution is 5.77. The second-order valence-corrected chi connectivity index (χ2v) is 3.71. The molecule has 5 heteroatoms. The summed E-state index contributed by atoms with van der Waals surface area (Å²) in [5, 5.41) is 2.58. The highest BCUT2D eigenvalue weighted by atomic mass is 19.1. The number of ether oxygens (including phenoxy) is 1. The quantitative estimate of drug-likeness (QED) is 0.816. The number of carbonyl (C=O) groups is 1. The summed E-state index contributed by atoms with van der Waals surface area (Å²) in [5.74, 6) is -0.337. The lowest BCUT2D eigenvalue weighted by atomic mass is 10.1. The zero-order chi connectivity index (χ0) is 12.8. The fourth-order valence-corrected chi connectivity index (χ4v) is 1.36. The van der Waals surface area contributed by atoms with Crippen molar-refractivity contribution < 1.29 is 13.9 Å². The zero-order valence-electron chi connectivity index (χ0n) is 10.00. The molecule has 0 aliphatic carbocycles. The number of nitrogens with one attached hydrogen (secondary N) is 1. The first kappa shape index (κ1) is 13.4. The van der Waals surface area contributed by atoms with E-state index in [2.05, 4.69) is 5.32 Å². The van der Waals surface area contributed by atoms with Gasteiger partial charge in [0, 0.05) is 24.2 Å². The van der Waals surface area contributed by atoms with E-state index in [-0.39, 0.29) is 18.6 Å². The molecule has 0 saturated heterocycles. The van der Waals surface area contributed by atoms with E-state index in [9.17, 15) is 9.18 Å².